The highest BCUT2D eigenvalue weighted by Crippen LogP contribution is 2.24. The smallest absolute Gasteiger partial charge is 0.244 e. The van der Waals surface area contributed by atoms with Gasteiger partial charge < -0.3 is 4.90 Å². The number of amides is 1. The second-order valence-corrected chi connectivity index (χ2v) is 7.52. The van der Waals surface area contributed by atoms with E-state index in [-0.39, 0.29) is 24.2 Å². The molecular weight excluding hydrogens is 350 g/mol. The molecule has 1 atom stereocenters. The van der Waals surface area contributed by atoms with Gasteiger partial charge in [-0.3, -0.25) is 14.3 Å². The zero-order chi connectivity index (χ0) is 18.8. The molecule has 5 nitrogen and oxygen atoms in total. The van der Waals surface area contributed by atoms with Gasteiger partial charge in [-0.15, -0.1) is 0 Å². The zero-order valence-electron chi connectivity index (χ0n) is 15.5. The Kier molecular flexibility index (Phi) is 5.47. The van der Waals surface area contributed by atoms with Gasteiger partial charge in [0, 0.05) is 35.3 Å². The van der Waals surface area contributed by atoms with Crippen molar-refractivity contribution in [1.29, 1.82) is 0 Å². The molecule has 1 saturated heterocycles. The monoisotopic (exact) mass is 373 g/mol. The minimum Gasteiger partial charge on any atom is -0.340 e. The molecule has 0 radical (unpaired) electrons. The molecule has 1 aliphatic heterocycles. The fourth-order valence-electron chi connectivity index (χ4n) is 3.60. The number of likely N-dealkylation sites (tertiary alicyclic amines) is 1. The van der Waals surface area contributed by atoms with Crippen molar-refractivity contribution in [2.24, 2.45) is 5.92 Å². The molecule has 0 spiro atoms. The second-order valence-electron chi connectivity index (χ2n) is 7.09. The molecule has 1 aromatic heterocycles. The summed E-state index contributed by atoms with van der Waals surface area (Å²) in [4.78, 5) is 27.4. The number of Topliss-reactive ketones (excluding diaryl/α,β-unsaturated/α-hetero) is 1. The second kappa shape index (κ2) is 7.62. The fraction of sp³-hybridized carbons (Fsp3) is 0.450. The van der Waals surface area contributed by atoms with Crippen LogP contribution in [0, 0.1) is 26.7 Å². The van der Waals surface area contributed by atoms with E-state index in [9.17, 15) is 9.59 Å². The van der Waals surface area contributed by atoms with Crippen LogP contribution in [0.5, 0.6) is 0 Å². The zero-order valence-corrected chi connectivity index (χ0v) is 16.2. The summed E-state index contributed by atoms with van der Waals surface area (Å²) in [5, 5.41) is 4.99. The molecule has 0 N–H and O–H groups in total. The summed E-state index contributed by atoms with van der Waals surface area (Å²) in [7, 11) is 0. The number of carbonyl (C=O) groups is 2. The van der Waals surface area contributed by atoms with Crippen molar-refractivity contribution in [3.05, 3.63) is 51.8 Å². The SMILES string of the molecule is Cc1cc(C)n(CC(=O)N2CCCC(C(=O)c3ccc(Cl)cc3C)C2)n1. The lowest BCUT2D eigenvalue weighted by molar-refractivity contribution is -0.133. The first-order valence-corrected chi connectivity index (χ1v) is 9.32. The molecule has 1 amide bonds. The lowest BCUT2D eigenvalue weighted by atomic mass is 9.88. The molecule has 2 heterocycles. The average molecular weight is 374 g/mol. The van der Waals surface area contributed by atoms with Gasteiger partial charge in [0.1, 0.15) is 6.54 Å². The number of aryl methyl sites for hydroxylation is 3. The van der Waals surface area contributed by atoms with E-state index in [1.165, 1.54) is 0 Å². The quantitative estimate of drug-likeness (QED) is 0.769. The third kappa shape index (κ3) is 3.98. The van der Waals surface area contributed by atoms with Crippen molar-refractivity contribution in [3.63, 3.8) is 0 Å². The Morgan fingerprint density at radius 2 is 2.00 bits per heavy atom. The van der Waals surface area contributed by atoms with Crippen LogP contribution in [0.25, 0.3) is 0 Å². The lowest BCUT2D eigenvalue weighted by Gasteiger charge is -2.32. The molecular formula is C20H24ClN3O2. The number of benzene rings is 1. The summed E-state index contributed by atoms with van der Waals surface area (Å²) in [5.41, 5.74) is 3.46. The van der Waals surface area contributed by atoms with E-state index in [1.807, 2.05) is 32.9 Å². The van der Waals surface area contributed by atoms with Gasteiger partial charge >= 0.3 is 0 Å². The van der Waals surface area contributed by atoms with Crippen molar-refractivity contribution in [3.8, 4) is 0 Å². The Morgan fingerprint density at radius 1 is 1.23 bits per heavy atom. The predicted octanol–water partition coefficient (Wildman–Crippen LogP) is 3.58. The van der Waals surface area contributed by atoms with Crippen LogP contribution in [0.15, 0.2) is 24.3 Å². The summed E-state index contributed by atoms with van der Waals surface area (Å²) in [6, 6.07) is 7.30. The normalized spacial score (nSPS) is 17.4. The molecule has 1 aliphatic rings. The van der Waals surface area contributed by atoms with E-state index in [1.54, 1.807) is 21.7 Å². The highest BCUT2D eigenvalue weighted by atomic mass is 35.5. The molecule has 2 aromatic rings. The number of hydrogen-bond donors (Lipinski definition) is 0. The van der Waals surface area contributed by atoms with Gasteiger partial charge in [-0.1, -0.05) is 11.6 Å². The largest absolute Gasteiger partial charge is 0.340 e. The number of piperidine rings is 1. The fourth-order valence-corrected chi connectivity index (χ4v) is 3.83. The van der Waals surface area contributed by atoms with Crippen LogP contribution >= 0.6 is 11.6 Å². The van der Waals surface area contributed by atoms with Crippen LogP contribution in [0.2, 0.25) is 5.02 Å². The van der Waals surface area contributed by atoms with Crippen molar-refractivity contribution < 1.29 is 9.59 Å². The van der Waals surface area contributed by atoms with E-state index < -0.39 is 0 Å². The molecule has 138 valence electrons. The summed E-state index contributed by atoms with van der Waals surface area (Å²) in [6.07, 6.45) is 1.65. The van der Waals surface area contributed by atoms with Gasteiger partial charge in [-0.25, -0.2) is 0 Å². The van der Waals surface area contributed by atoms with Gasteiger partial charge in [-0.2, -0.15) is 5.10 Å². The van der Waals surface area contributed by atoms with Crippen LogP contribution in [0.4, 0.5) is 0 Å². The third-order valence-corrected chi connectivity index (χ3v) is 5.22. The van der Waals surface area contributed by atoms with E-state index >= 15 is 0 Å². The van der Waals surface area contributed by atoms with Gasteiger partial charge in [-0.05, 0) is 63.4 Å². The van der Waals surface area contributed by atoms with Gasteiger partial charge in [0.15, 0.2) is 5.78 Å². The lowest BCUT2D eigenvalue weighted by Crippen LogP contribution is -2.44. The third-order valence-electron chi connectivity index (χ3n) is 4.99. The van der Waals surface area contributed by atoms with Crippen molar-refractivity contribution >= 4 is 23.3 Å². The number of hydrogen-bond acceptors (Lipinski definition) is 3. The maximum absolute atomic E-state index is 12.9. The summed E-state index contributed by atoms with van der Waals surface area (Å²) in [6.45, 7) is 7.14. The number of halogens is 1. The average Bonchev–Trinajstić information content (AvgIpc) is 2.91. The highest BCUT2D eigenvalue weighted by Gasteiger charge is 2.29. The number of carbonyl (C=O) groups excluding carboxylic acids is 2. The molecule has 3 rings (SSSR count). The molecule has 0 aliphatic carbocycles. The van der Waals surface area contributed by atoms with Crippen LogP contribution in [-0.2, 0) is 11.3 Å². The van der Waals surface area contributed by atoms with Crippen molar-refractivity contribution in [2.75, 3.05) is 13.1 Å². The van der Waals surface area contributed by atoms with Crippen molar-refractivity contribution in [2.45, 2.75) is 40.2 Å². The Hall–Kier alpha value is -2.14. The van der Waals surface area contributed by atoms with Gasteiger partial charge in [0.25, 0.3) is 0 Å². The summed E-state index contributed by atoms with van der Waals surface area (Å²) < 4.78 is 1.73. The molecule has 0 bridgehead atoms. The van der Waals surface area contributed by atoms with Crippen LogP contribution in [0.3, 0.4) is 0 Å². The maximum Gasteiger partial charge on any atom is 0.244 e. The van der Waals surface area contributed by atoms with Gasteiger partial charge in [0.2, 0.25) is 5.91 Å². The maximum atomic E-state index is 12.9. The van der Waals surface area contributed by atoms with E-state index in [2.05, 4.69) is 5.10 Å². The topological polar surface area (TPSA) is 55.2 Å². The van der Waals surface area contributed by atoms with E-state index in [0.717, 1.165) is 29.8 Å². The Balaban J connectivity index is 1.69. The molecule has 0 saturated carbocycles. The predicted molar refractivity (Wildman–Crippen MR) is 102 cm³/mol. The first-order valence-electron chi connectivity index (χ1n) is 8.94. The first-order chi connectivity index (χ1) is 12.3. The number of nitrogens with zero attached hydrogens (tertiary/aromatic N) is 3. The molecule has 1 unspecified atom stereocenters. The summed E-state index contributed by atoms with van der Waals surface area (Å²) in [5.74, 6) is -0.0441. The Morgan fingerprint density at radius 3 is 2.65 bits per heavy atom. The molecule has 1 fully saturated rings. The number of rotatable bonds is 4. The molecule has 6 heteroatoms. The van der Waals surface area contributed by atoms with Crippen LogP contribution in [0.1, 0.15) is 40.2 Å². The highest BCUT2D eigenvalue weighted by molar-refractivity contribution is 6.30. The van der Waals surface area contributed by atoms with Gasteiger partial charge in [0.05, 0.1) is 5.69 Å². The standard InChI is InChI=1S/C20H24ClN3O2/c1-13-9-17(21)6-7-18(13)20(26)16-5-4-8-23(11-16)19(25)12-24-15(3)10-14(2)22-24/h6-7,9-10,16H,4-5,8,11-12H2,1-3H3. The van der Waals surface area contributed by atoms with Crippen LogP contribution in [-0.4, -0.2) is 39.5 Å². The number of ketones is 1. The number of aromatic nitrogens is 2. The molecule has 1 aromatic carbocycles. The van der Waals surface area contributed by atoms with Crippen molar-refractivity contribution in [1.82, 2.24) is 14.7 Å². The Bertz CT molecular complexity index is 844. The minimum atomic E-state index is -0.159. The van der Waals surface area contributed by atoms with E-state index in [0.29, 0.717) is 23.7 Å². The first kappa shape index (κ1) is 18.6. The van der Waals surface area contributed by atoms with Crippen LogP contribution < -0.4 is 0 Å². The van der Waals surface area contributed by atoms with E-state index in [4.69, 9.17) is 11.6 Å². The molecule has 26 heavy (non-hydrogen) atoms. The Labute approximate surface area is 158 Å². The summed E-state index contributed by atoms with van der Waals surface area (Å²) >= 11 is 5.99. The minimum absolute atomic E-state index is 0.0153.